The van der Waals surface area contributed by atoms with E-state index in [0.29, 0.717) is 6.61 Å². The predicted molar refractivity (Wildman–Crippen MR) is 58.8 cm³/mol. The Kier molecular flexibility index (Phi) is 2.22. The zero-order chi connectivity index (χ0) is 11.9. The Hall–Kier alpha value is -1.75. The smallest absolute Gasteiger partial charge is 0.139 e. The maximum Gasteiger partial charge on any atom is 0.139 e. The molecular formula is C12H12FN3O. The van der Waals surface area contributed by atoms with Crippen molar-refractivity contribution in [3.05, 3.63) is 48.3 Å². The summed E-state index contributed by atoms with van der Waals surface area (Å²) >= 11 is 0. The minimum absolute atomic E-state index is 0.0375. The lowest BCUT2D eigenvalue weighted by Crippen LogP contribution is -2.23. The fourth-order valence-corrected chi connectivity index (χ4v) is 2.09. The van der Waals surface area contributed by atoms with Gasteiger partial charge in [0.2, 0.25) is 0 Å². The number of halogens is 1. The van der Waals surface area contributed by atoms with Gasteiger partial charge in [0.1, 0.15) is 24.1 Å². The summed E-state index contributed by atoms with van der Waals surface area (Å²) in [6.45, 7) is 2.64. The lowest BCUT2D eigenvalue weighted by atomic mass is 9.93. The highest BCUT2D eigenvalue weighted by Crippen LogP contribution is 2.47. The molecule has 2 unspecified atom stereocenters. The summed E-state index contributed by atoms with van der Waals surface area (Å²) in [5.74, 6) is -0.238. The van der Waals surface area contributed by atoms with E-state index in [9.17, 15) is 4.39 Å². The van der Waals surface area contributed by atoms with Crippen LogP contribution >= 0.6 is 0 Å². The van der Waals surface area contributed by atoms with Crippen molar-refractivity contribution in [1.29, 1.82) is 0 Å². The molecule has 0 N–H and O–H groups in total. The minimum Gasteiger partial charge on any atom is -0.362 e. The maximum absolute atomic E-state index is 12.9. The van der Waals surface area contributed by atoms with Crippen LogP contribution in [-0.4, -0.2) is 21.4 Å². The lowest BCUT2D eigenvalue weighted by Gasteiger charge is -2.20. The molecule has 2 aromatic rings. The molecule has 1 aliphatic rings. The van der Waals surface area contributed by atoms with Crippen LogP contribution in [0.2, 0.25) is 0 Å². The Morgan fingerprint density at radius 2 is 2.12 bits per heavy atom. The van der Waals surface area contributed by atoms with E-state index in [0.717, 1.165) is 5.56 Å². The molecular weight excluding hydrogens is 221 g/mol. The van der Waals surface area contributed by atoms with Gasteiger partial charge < -0.3 is 4.74 Å². The predicted octanol–water partition coefficient (Wildman–Crippen LogP) is 1.90. The number of hydrogen-bond acceptors (Lipinski definition) is 3. The quantitative estimate of drug-likeness (QED) is 0.760. The molecule has 0 amide bonds. The summed E-state index contributed by atoms with van der Waals surface area (Å²) < 4.78 is 20.3. The molecule has 1 aromatic carbocycles. The molecule has 3 rings (SSSR count). The fraction of sp³-hybridized carbons (Fsp3) is 0.333. The molecule has 17 heavy (non-hydrogen) atoms. The molecule has 0 spiro atoms. The molecule has 88 valence electrons. The van der Waals surface area contributed by atoms with Crippen molar-refractivity contribution < 1.29 is 9.13 Å². The molecule has 0 bridgehead atoms. The number of nitrogens with zero attached hydrogens (tertiary/aromatic N) is 3. The van der Waals surface area contributed by atoms with Gasteiger partial charge in [-0.2, -0.15) is 5.10 Å². The van der Waals surface area contributed by atoms with Crippen molar-refractivity contribution in [3.8, 4) is 0 Å². The Morgan fingerprint density at radius 1 is 1.41 bits per heavy atom. The van der Waals surface area contributed by atoms with Crippen LogP contribution in [-0.2, 0) is 10.3 Å². The zero-order valence-corrected chi connectivity index (χ0v) is 9.38. The number of ether oxygens (including phenoxy) is 1. The number of benzene rings is 1. The molecule has 2 heterocycles. The first-order chi connectivity index (χ1) is 8.22. The maximum atomic E-state index is 12.9. The van der Waals surface area contributed by atoms with E-state index in [1.54, 1.807) is 23.1 Å². The van der Waals surface area contributed by atoms with Gasteiger partial charge in [-0.3, -0.25) is 0 Å². The van der Waals surface area contributed by atoms with E-state index in [4.69, 9.17) is 4.74 Å². The first-order valence-electron chi connectivity index (χ1n) is 5.46. The van der Waals surface area contributed by atoms with E-state index in [1.807, 2.05) is 6.92 Å². The Balaban J connectivity index is 1.94. The number of hydrogen-bond donors (Lipinski definition) is 0. The van der Waals surface area contributed by atoms with E-state index in [-0.39, 0.29) is 17.5 Å². The average molecular weight is 233 g/mol. The molecule has 0 radical (unpaired) electrons. The van der Waals surface area contributed by atoms with Crippen LogP contribution in [0.5, 0.6) is 0 Å². The summed E-state index contributed by atoms with van der Waals surface area (Å²) in [5, 5.41) is 4.12. The standard InChI is InChI=1S/C12H12FN3O/c1-9(16-8-14-7-15-16)12(6-17-12)10-2-4-11(13)5-3-10/h2-5,7-9H,6H2,1H3. The Morgan fingerprint density at radius 3 is 2.65 bits per heavy atom. The van der Waals surface area contributed by atoms with Crippen LogP contribution in [0, 0.1) is 5.82 Å². The second-order valence-corrected chi connectivity index (χ2v) is 4.24. The van der Waals surface area contributed by atoms with Gasteiger partial charge in [0.05, 0.1) is 12.6 Å². The van der Waals surface area contributed by atoms with E-state index >= 15 is 0 Å². The summed E-state index contributed by atoms with van der Waals surface area (Å²) in [6.07, 6.45) is 3.16. The summed E-state index contributed by atoms with van der Waals surface area (Å²) in [7, 11) is 0. The van der Waals surface area contributed by atoms with Gasteiger partial charge in [0.25, 0.3) is 0 Å². The van der Waals surface area contributed by atoms with Gasteiger partial charge in [-0.25, -0.2) is 14.1 Å². The van der Waals surface area contributed by atoms with Gasteiger partial charge in [-0.05, 0) is 24.6 Å². The molecule has 1 aromatic heterocycles. The van der Waals surface area contributed by atoms with Gasteiger partial charge in [-0.1, -0.05) is 12.1 Å². The van der Waals surface area contributed by atoms with Gasteiger partial charge in [-0.15, -0.1) is 0 Å². The van der Waals surface area contributed by atoms with Crippen molar-refractivity contribution >= 4 is 0 Å². The van der Waals surface area contributed by atoms with Gasteiger partial charge in [0.15, 0.2) is 0 Å². The average Bonchev–Trinajstić information content (AvgIpc) is 2.97. The normalized spacial score (nSPS) is 24.6. The highest BCUT2D eigenvalue weighted by atomic mass is 19.1. The summed E-state index contributed by atoms with van der Waals surface area (Å²) in [6, 6.07) is 6.46. The first kappa shape index (κ1) is 10.4. The van der Waals surface area contributed by atoms with Crippen molar-refractivity contribution in [2.75, 3.05) is 6.61 Å². The monoisotopic (exact) mass is 233 g/mol. The third-order valence-electron chi connectivity index (χ3n) is 3.30. The van der Waals surface area contributed by atoms with Crippen LogP contribution in [0.15, 0.2) is 36.9 Å². The molecule has 5 heteroatoms. The largest absolute Gasteiger partial charge is 0.362 e. The SMILES string of the molecule is CC(n1cncn1)C1(c2ccc(F)cc2)CO1. The Labute approximate surface area is 98.0 Å². The van der Waals surface area contributed by atoms with Crippen molar-refractivity contribution in [2.45, 2.75) is 18.6 Å². The fourth-order valence-electron chi connectivity index (χ4n) is 2.09. The van der Waals surface area contributed by atoms with Crippen LogP contribution in [0.4, 0.5) is 4.39 Å². The number of aromatic nitrogens is 3. The van der Waals surface area contributed by atoms with Crippen molar-refractivity contribution in [2.24, 2.45) is 0 Å². The third kappa shape index (κ3) is 1.63. The van der Waals surface area contributed by atoms with Crippen molar-refractivity contribution in [1.82, 2.24) is 14.8 Å². The molecule has 1 fully saturated rings. The molecule has 1 saturated heterocycles. The van der Waals surface area contributed by atoms with Crippen LogP contribution in [0.25, 0.3) is 0 Å². The highest BCUT2D eigenvalue weighted by molar-refractivity contribution is 5.28. The summed E-state index contributed by atoms with van der Waals surface area (Å²) in [4.78, 5) is 3.93. The third-order valence-corrected chi connectivity index (χ3v) is 3.30. The van der Waals surface area contributed by atoms with Gasteiger partial charge in [0, 0.05) is 0 Å². The van der Waals surface area contributed by atoms with E-state index in [1.165, 1.54) is 18.5 Å². The van der Waals surface area contributed by atoms with E-state index in [2.05, 4.69) is 10.1 Å². The molecule has 4 nitrogen and oxygen atoms in total. The minimum atomic E-state index is -0.387. The molecule has 1 aliphatic heterocycles. The Bertz CT molecular complexity index is 505. The van der Waals surface area contributed by atoms with Crippen LogP contribution < -0.4 is 0 Å². The van der Waals surface area contributed by atoms with Crippen LogP contribution in [0.1, 0.15) is 18.5 Å². The zero-order valence-electron chi connectivity index (χ0n) is 9.38. The summed E-state index contributed by atoms with van der Waals surface area (Å²) in [5.41, 5.74) is 0.586. The first-order valence-corrected chi connectivity index (χ1v) is 5.46. The topological polar surface area (TPSA) is 43.2 Å². The molecule has 2 atom stereocenters. The lowest BCUT2D eigenvalue weighted by molar-refractivity contribution is 0.220. The second-order valence-electron chi connectivity index (χ2n) is 4.24. The highest BCUT2D eigenvalue weighted by Gasteiger charge is 2.52. The number of rotatable bonds is 3. The molecule has 0 saturated carbocycles. The van der Waals surface area contributed by atoms with E-state index < -0.39 is 0 Å². The van der Waals surface area contributed by atoms with Crippen molar-refractivity contribution in [3.63, 3.8) is 0 Å². The number of epoxide rings is 1. The second kappa shape index (κ2) is 3.63. The molecule has 0 aliphatic carbocycles. The van der Waals surface area contributed by atoms with Crippen LogP contribution in [0.3, 0.4) is 0 Å². The van der Waals surface area contributed by atoms with Gasteiger partial charge >= 0.3 is 0 Å².